The van der Waals surface area contributed by atoms with Gasteiger partial charge in [0, 0.05) is 42.3 Å². The normalized spacial score (nSPS) is 13.5. The molecule has 10 nitrogen and oxygen atoms in total. The number of aromatic nitrogens is 3. The summed E-state index contributed by atoms with van der Waals surface area (Å²) in [6, 6.07) is 9.33. The van der Waals surface area contributed by atoms with Gasteiger partial charge in [-0.2, -0.15) is 0 Å². The molecule has 4 N–H and O–H groups in total. The van der Waals surface area contributed by atoms with Gasteiger partial charge in [0.25, 0.3) is 12.4 Å². The van der Waals surface area contributed by atoms with Gasteiger partial charge in [-0.05, 0) is 68.1 Å². The summed E-state index contributed by atoms with van der Waals surface area (Å²) >= 11 is 12.9. The number of aryl methyl sites for hydroxylation is 1. The highest BCUT2D eigenvalue weighted by Gasteiger charge is 2.24. The van der Waals surface area contributed by atoms with Gasteiger partial charge in [0.2, 0.25) is 0 Å². The maximum absolute atomic E-state index is 13.1. The minimum atomic E-state index is -0.250. The Hall–Kier alpha value is -3.86. The maximum atomic E-state index is 13.1. The smallest absolute Gasteiger partial charge is 0.290 e. The van der Waals surface area contributed by atoms with Gasteiger partial charge in [-0.1, -0.05) is 23.2 Å². The highest BCUT2D eigenvalue weighted by atomic mass is 35.5. The number of anilines is 2. The maximum Gasteiger partial charge on any atom is 0.290 e. The van der Waals surface area contributed by atoms with Crippen molar-refractivity contribution in [1.29, 1.82) is 0 Å². The molecule has 4 aromatic rings. The number of fused-ring (bicyclic) bond motifs is 1. The molecule has 1 amide bonds. The van der Waals surface area contributed by atoms with Crippen LogP contribution in [0.1, 0.15) is 28.8 Å². The summed E-state index contributed by atoms with van der Waals surface area (Å²) in [6.45, 7) is 3.87. The van der Waals surface area contributed by atoms with Gasteiger partial charge >= 0.3 is 0 Å². The lowest BCUT2D eigenvalue weighted by Gasteiger charge is -2.31. The number of benzene rings is 2. The van der Waals surface area contributed by atoms with Crippen LogP contribution in [0.15, 0.2) is 48.9 Å². The highest BCUT2D eigenvalue weighted by Crippen LogP contribution is 2.40. The van der Waals surface area contributed by atoms with Crippen LogP contribution in [0.4, 0.5) is 11.5 Å². The Balaban J connectivity index is 0.00000118. The highest BCUT2D eigenvalue weighted by molar-refractivity contribution is 6.44. The minimum Gasteiger partial charge on any atom is -0.495 e. The molecule has 2 aromatic heterocycles. The number of imidazole rings is 1. The number of methoxy groups -OCH3 is 1. The summed E-state index contributed by atoms with van der Waals surface area (Å²) in [7, 11) is 1.55. The summed E-state index contributed by atoms with van der Waals surface area (Å²) in [5.74, 6) is 1.65. The molecular formula is C28H30Cl2N6O4. The molecule has 0 radical (unpaired) electrons. The number of carbonyl (C=O) groups is 2. The largest absolute Gasteiger partial charge is 0.495 e. The zero-order valence-corrected chi connectivity index (χ0v) is 23.6. The van der Waals surface area contributed by atoms with E-state index < -0.39 is 0 Å². The molecule has 1 saturated heterocycles. The first-order valence-corrected chi connectivity index (χ1v) is 13.4. The minimum absolute atomic E-state index is 0.0627. The summed E-state index contributed by atoms with van der Waals surface area (Å²) in [4.78, 5) is 32.5. The molecule has 1 fully saturated rings. The molecule has 210 valence electrons. The third kappa shape index (κ3) is 5.99. The molecule has 1 aliphatic heterocycles. The topological polar surface area (TPSA) is 135 Å². The molecule has 0 saturated carbocycles. The number of carboxylic acid groups (broad SMARTS) is 1. The van der Waals surface area contributed by atoms with Crippen LogP contribution in [0, 0.1) is 12.8 Å². The zero-order chi connectivity index (χ0) is 28.8. The molecule has 0 aliphatic carbocycles. The van der Waals surface area contributed by atoms with E-state index >= 15 is 0 Å². The molecule has 0 spiro atoms. The molecule has 0 unspecified atom stereocenters. The Bertz CT molecular complexity index is 1520. The molecule has 1 aliphatic rings. The Morgan fingerprint density at radius 3 is 2.58 bits per heavy atom. The van der Waals surface area contributed by atoms with Crippen LogP contribution in [-0.2, 0) is 4.79 Å². The standard InChI is InChI=1S/C27H28Cl2N6O2.CH2O2/c1-16-13-18(3-4-19(16)27(36)34-10-7-17(14-30)8-11-34)33-25-26-32-15-21(35(26)12-9-31-25)20-5-6-22(37-2)24(29)23(20)28;2-1-3/h3-6,9,12-13,15,17H,7-8,10-11,14,30H2,1-2H3,(H,31,33);1H,(H,2,3). The quantitative estimate of drug-likeness (QED) is 0.261. The Labute approximate surface area is 241 Å². The fraction of sp³-hybridized carbons (Fsp3) is 0.286. The number of nitrogens with two attached hydrogens (primary N) is 1. The van der Waals surface area contributed by atoms with Gasteiger partial charge < -0.3 is 25.8 Å². The van der Waals surface area contributed by atoms with E-state index in [2.05, 4.69) is 15.3 Å². The Kier molecular flexibility index (Phi) is 9.46. The number of carbonyl (C=O) groups excluding carboxylic acids is 1. The Morgan fingerprint density at radius 2 is 1.93 bits per heavy atom. The second-order valence-electron chi connectivity index (χ2n) is 9.29. The van der Waals surface area contributed by atoms with Crippen molar-refractivity contribution >= 4 is 52.7 Å². The van der Waals surface area contributed by atoms with Crippen LogP contribution in [0.5, 0.6) is 5.75 Å². The van der Waals surface area contributed by atoms with E-state index in [-0.39, 0.29) is 12.4 Å². The monoisotopic (exact) mass is 584 g/mol. The van der Waals surface area contributed by atoms with Gasteiger partial charge in [0.15, 0.2) is 11.5 Å². The second kappa shape index (κ2) is 13.0. The Morgan fingerprint density at radius 1 is 1.20 bits per heavy atom. The number of likely N-dealkylation sites (tertiary alicyclic amines) is 1. The van der Waals surface area contributed by atoms with E-state index in [9.17, 15) is 4.79 Å². The molecule has 2 aromatic carbocycles. The van der Waals surface area contributed by atoms with Gasteiger partial charge in [0.1, 0.15) is 10.8 Å². The number of rotatable bonds is 6. The molecule has 0 bridgehead atoms. The fourth-order valence-corrected chi connectivity index (χ4v) is 5.25. The fourth-order valence-electron chi connectivity index (χ4n) is 4.75. The first-order valence-electron chi connectivity index (χ1n) is 12.6. The van der Waals surface area contributed by atoms with Crippen LogP contribution >= 0.6 is 23.2 Å². The summed E-state index contributed by atoms with van der Waals surface area (Å²) in [5.41, 5.74) is 10.3. The van der Waals surface area contributed by atoms with Crippen LogP contribution in [0.2, 0.25) is 10.0 Å². The molecular weight excluding hydrogens is 555 g/mol. The predicted octanol–water partition coefficient (Wildman–Crippen LogP) is 5.28. The van der Waals surface area contributed by atoms with Gasteiger partial charge in [-0.15, -0.1) is 0 Å². The lowest BCUT2D eigenvalue weighted by Crippen LogP contribution is -2.40. The van der Waals surface area contributed by atoms with Crippen LogP contribution in [0.3, 0.4) is 0 Å². The molecule has 0 atom stereocenters. The number of hydrogen-bond acceptors (Lipinski definition) is 7. The number of nitrogens with one attached hydrogen (secondary N) is 1. The van der Waals surface area contributed by atoms with E-state index in [0.717, 1.165) is 48.4 Å². The molecule has 12 heteroatoms. The zero-order valence-electron chi connectivity index (χ0n) is 22.1. The average molecular weight is 585 g/mol. The van der Waals surface area contributed by atoms with Crippen molar-refractivity contribution in [3.8, 4) is 17.0 Å². The molecule has 3 heterocycles. The first-order chi connectivity index (χ1) is 19.3. The van der Waals surface area contributed by atoms with Crippen molar-refractivity contribution in [1.82, 2.24) is 19.3 Å². The third-order valence-electron chi connectivity index (χ3n) is 6.93. The summed E-state index contributed by atoms with van der Waals surface area (Å²) in [6.07, 6.45) is 7.15. The van der Waals surface area contributed by atoms with Crippen molar-refractivity contribution in [2.45, 2.75) is 19.8 Å². The van der Waals surface area contributed by atoms with Gasteiger partial charge in [-0.25, -0.2) is 9.97 Å². The van der Waals surface area contributed by atoms with Crippen LogP contribution in [0.25, 0.3) is 16.9 Å². The van der Waals surface area contributed by atoms with Crippen LogP contribution < -0.4 is 15.8 Å². The van der Waals surface area contributed by atoms with E-state index in [1.54, 1.807) is 25.6 Å². The molecule has 40 heavy (non-hydrogen) atoms. The molecule has 5 rings (SSSR count). The summed E-state index contributed by atoms with van der Waals surface area (Å²) < 4.78 is 7.16. The van der Waals surface area contributed by atoms with E-state index in [0.29, 0.717) is 45.3 Å². The number of nitrogens with zero attached hydrogens (tertiary/aromatic N) is 4. The number of piperidine rings is 1. The SMILES string of the molecule is COc1ccc(-c2cnc3c(Nc4ccc(C(=O)N5CCC(CN)CC5)c(C)c4)nccn23)c(Cl)c1Cl.O=CO. The van der Waals surface area contributed by atoms with Crippen LogP contribution in [-0.4, -0.2) is 63.5 Å². The average Bonchev–Trinajstić information content (AvgIpc) is 3.40. The van der Waals surface area contributed by atoms with Crippen molar-refractivity contribution in [2.75, 3.05) is 32.1 Å². The third-order valence-corrected chi connectivity index (χ3v) is 7.79. The van der Waals surface area contributed by atoms with Gasteiger partial charge in [-0.3, -0.25) is 14.0 Å². The summed E-state index contributed by atoms with van der Waals surface area (Å²) in [5, 5.41) is 11.0. The number of amides is 1. The number of ether oxygens (including phenoxy) is 1. The lowest BCUT2D eigenvalue weighted by atomic mass is 9.96. The first kappa shape index (κ1) is 29.1. The second-order valence-corrected chi connectivity index (χ2v) is 10.0. The number of halogens is 2. The van der Waals surface area contributed by atoms with E-state index in [1.165, 1.54) is 0 Å². The van der Waals surface area contributed by atoms with Crippen molar-refractivity contribution in [3.05, 3.63) is 70.1 Å². The van der Waals surface area contributed by atoms with Crippen molar-refractivity contribution in [2.24, 2.45) is 11.7 Å². The van der Waals surface area contributed by atoms with E-state index in [1.807, 2.05) is 46.7 Å². The van der Waals surface area contributed by atoms with Crippen molar-refractivity contribution < 1.29 is 19.4 Å². The predicted molar refractivity (Wildman–Crippen MR) is 156 cm³/mol. The van der Waals surface area contributed by atoms with E-state index in [4.69, 9.17) is 43.6 Å². The lowest BCUT2D eigenvalue weighted by molar-refractivity contribution is -0.122. The van der Waals surface area contributed by atoms with Gasteiger partial charge in [0.05, 0.1) is 24.0 Å². The van der Waals surface area contributed by atoms with Crippen molar-refractivity contribution in [3.63, 3.8) is 0 Å². The number of hydrogen-bond donors (Lipinski definition) is 3.